The Morgan fingerprint density at radius 3 is 1.36 bits per heavy atom. The molecule has 0 aliphatic carbocycles. The van der Waals surface area contributed by atoms with Crippen molar-refractivity contribution in [3.8, 4) is 11.5 Å². The highest BCUT2D eigenvalue weighted by atomic mass is 32.2. The molecule has 0 aromatic heterocycles. The first-order valence-electron chi connectivity index (χ1n) is 26.1. The molecule has 0 radical (unpaired) electrons. The van der Waals surface area contributed by atoms with Gasteiger partial charge in [-0.2, -0.15) is 0 Å². The Labute approximate surface area is 451 Å². The molecule has 4 aromatic rings. The Balaban J connectivity index is 0.000000405. The molecule has 22 heteroatoms. The van der Waals surface area contributed by atoms with Crippen LogP contribution in [-0.2, 0) is 40.7 Å². The molecule has 5 amide bonds. The lowest BCUT2D eigenvalue weighted by molar-refractivity contribution is -0.131. The van der Waals surface area contributed by atoms with Crippen LogP contribution < -0.4 is 41.4 Å². The molecule has 0 unspecified atom stereocenters. The third-order valence-corrected chi connectivity index (χ3v) is 13.8. The number of ether oxygens (including phenoxy) is 2. The van der Waals surface area contributed by atoms with Gasteiger partial charge in [0.25, 0.3) is 0 Å². The lowest BCUT2D eigenvalue weighted by atomic mass is 10.0. The van der Waals surface area contributed by atoms with Crippen molar-refractivity contribution in [1.29, 1.82) is 0 Å². The molecule has 0 aliphatic rings. The molecular formula is C55H80F4N8O9S. The number of carbonyl (C=O) groups excluding carboxylic acids is 3. The highest BCUT2D eigenvalue weighted by Crippen LogP contribution is 2.16. The zero-order valence-electron chi connectivity index (χ0n) is 45.2. The number of methoxy groups -OCH3 is 2. The average molecular weight is 1110 g/mol. The van der Waals surface area contributed by atoms with E-state index in [4.69, 9.17) is 9.47 Å². The van der Waals surface area contributed by atoms with Gasteiger partial charge in [-0.3, -0.25) is 4.79 Å². The summed E-state index contributed by atoms with van der Waals surface area (Å²) in [5.74, 6) is -1.94. The third kappa shape index (κ3) is 25.3. The van der Waals surface area contributed by atoms with Crippen LogP contribution in [0.25, 0.3) is 0 Å². The maximum atomic E-state index is 13.8. The van der Waals surface area contributed by atoms with Gasteiger partial charge >= 0.3 is 12.1 Å². The summed E-state index contributed by atoms with van der Waals surface area (Å²) < 4.78 is 92.1. The van der Waals surface area contributed by atoms with Crippen LogP contribution in [0.15, 0.2) is 84.9 Å². The summed E-state index contributed by atoms with van der Waals surface area (Å²) in [4.78, 5) is 39.5. The molecule has 4 rings (SSSR count). The standard InChI is InChI=1S/C28H40F2N4O4.C27H40F2N4O5S/c1-4-11-34(12-5-2)27(36)9-10-32-28(37)33-25(16-21-13-22(29)17-23(30)14-21)26(35)19-31-18-20-7-6-8-24(15-20)38-3;1-4-10-33(11-5-2)39(36,37)12-9-31-27(35)32-25(16-21-13-22(28)17-23(29)14-21)26(34)19-30-18-20-7-6-8-24(15-20)38-3/h6-8,13-15,17,25-26,31,35H,4-5,9-12,16,18-19H2,1-3H3,(H2,32,33,37);6-8,13-15,17,25-26,30,34H,4-5,9-12,16,18-19H2,1-3H3,(H2,31,32,35)/t2*25-,26+/m00/s1. The first-order chi connectivity index (χ1) is 36.8. The van der Waals surface area contributed by atoms with Crippen LogP contribution in [0.2, 0.25) is 0 Å². The summed E-state index contributed by atoms with van der Waals surface area (Å²) in [6.07, 6.45) is 0.978. The van der Waals surface area contributed by atoms with E-state index in [1.807, 2.05) is 76.2 Å². The van der Waals surface area contributed by atoms with Gasteiger partial charge in [-0.15, -0.1) is 0 Å². The summed E-state index contributed by atoms with van der Waals surface area (Å²) in [7, 11) is -0.407. The summed E-state index contributed by atoms with van der Waals surface area (Å²) in [6, 6.07) is 17.9. The molecule has 0 fully saturated rings. The fraction of sp³-hybridized carbons (Fsp3) is 0.509. The Morgan fingerprint density at radius 2 is 0.974 bits per heavy atom. The molecule has 4 atom stereocenters. The zero-order chi connectivity index (χ0) is 56.8. The first-order valence-corrected chi connectivity index (χ1v) is 27.7. The number of sulfonamides is 1. The summed E-state index contributed by atoms with van der Waals surface area (Å²) in [5.41, 5.74) is 2.40. The highest BCUT2D eigenvalue weighted by Gasteiger charge is 2.26. The van der Waals surface area contributed by atoms with Crippen molar-refractivity contribution < 1.29 is 60.0 Å². The van der Waals surface area contributed by atoms with E-state index in [0.29, 0.717) is 69.2 Å². The molecule has 0 heterocycles. The number of carbonyl (C=O) groups is 3. The van der Waals surface area contributed by atoms with Gasteiger partial charge in [0.2, 0.25) is 15.9 Å². The molecule has 0 aliphatic heterocycles. The average Bonchev–Trinajstić information content (AvgIpc) is 3.37. The molecule has 428 valence electrons. The van der Waals surface area contributed by atoms with Crippen molar-refractivity contribution in [2.45, 2.75) is 110 Å². The fourth-order valence-corrected chi connectivity index (χ4v) is 9.74. The second kappa shape index (κ2) is 35.4. The van der Waals surface area contributed by atoms with E-state index in [0.717, 1.165) is 48.2 Å². The Kier molecular flexibility index (Phi) is 30.0. The zero-order valence-corrected chi connectivity index (χ0v) is 46.0. The number of amides is 5. The number of benzene rings is 4. The van der Waals surface area contributed by atoms with E-state index in [1.54, 1.807) is 19.1 Å². The number of nitrogens with zero attached hydrogens (tertiary/aromatic N) is 2. The number of urea groups is 2. The Bertz CT molecular complexity index is 2460. The van der Waals surface area contributed by atoms with Crippen LogP contribution in [0, 0.1) is 23.3 Å². The Hall–Kier alpha value is -6.04. The van der Waals surface area contributed by atoms with Crippen molar-refractivity contribution in [2.75, 3.05) is 72.3 Å². The van der Waals surface area contributed by atoms with Crippen molar-refractivity contribution in [1.82, 2.24) is 41.1 Å². The van der Waals surface area contributed by atoms with Gasteiger partial charge in [-0.25, -0.2) is 39.9 Å². The van der Waals surface area contributed by atoms with E-state index >= 15 is 0 Å². The molecule has 17 nitrogen and oxygen atoms in total. The van der Waals surface area contributed by atoms with Gasteiger partial charge in [-0.05, 0) is 109 Å². The topological polar surface area (TPSA) is 223 Å². The number of halogens is 4. The monoisotopic (exact) mass is 1100 g/mol. The van der Waals surface area contributed by atoms with E-state index in [9.17, 15) is 50.6 Å². The number of rotatable bonds is 33. The predicted molar refractivity (Wildman–Crippen MR) is 290 cm³/mol. The molecule has 0 saturated heterocycles. The van der Waals surface area contributed by atoms with Gasteiger partial charge in [0.1, 0.15) is 34.8 Å². The van der Waals surface area contributed by atoms with Crippen LogP contribution >= 0.6 is 0 Å². The summed E-state index contributed by atoms with van der Waals surface area (Å²) in [6.45, 7) is 11.0. The summed E-state index contributed by atoms with van der Waals surface area (Å²) >= 11 is 0. The molecule has 0 spiro atoms. The lowest BCUT2D eigenvalue weighted by Gasteiger charge is -2.25. The minimum atomic E-state index is -3.55. The normalized spacial score (nSPS) is 12.8. The second-order valence-electron chi connectivity index (χ2n) is 18.4. The molecule has 77 heavy (non-hydrogen) atoms. The van der Waals surface area contributed by atoms with Gasteiger partial charge in [0, 0.05) is 84.0 Å². The van der Waals surface area contributed by atoms with Crippen LogP contribution in [0.5, 0.6) is 11.5 Å². The minimum Gasteiger partial charge on any atom is -0.497 e. The molecule has 8 N–H and O–H groups in total. The lowest BCUT2D eigenvalue weighted by Crippen LogP contribution is -2.52. The van der Waals surface area contributed by atoms with Crippen LogP contribution in [0.3, 0.4) is 0 Å². The van der Waals surface area contributed by atoms with Crippen LogP contribution in [0.4, 0.5) is 27.2 Å². The van der Waals surface area contributed by atoms with E-state index in [-0.39, 0.29) is 62.7 Å². The number of hydrogen-bond donors (Lipinski definition) is 8. The maximum absolute atomic E-state index is 13.8. The SMILES string of the molecule is CCCN(CCC)C(=O)CCNC(=O)N[C@@H](Cc1cc(F)cc(F)c1)[C@H](O)CNCc1cccc(OC)c1.CCCN(CCC)S(=O)(=O)CCNC(=O)N[C@@H](Cc1cc(F)cc(F)c1)[C@H](O)CNCc1cccc(OC)c1. The number of nitrogens with one attached hydrogen (secondary N) is 6. The number of hydrogen-bond acceptors (Lipinski definition) is 11. The number of aliphatic hydroxyl groups excluding tert-OH is 2. The van der Waals surface area contributed by atoms with E-state index in [2.05, 4.69) is 31.9 Å². The van der Waals surface area contributed by atoms with Crippen LogP contribution in [0.1, 0.15) is 82.1 Å². The van der Waals surface area contributed by atoms with Crippen molar-refractivity contribution in [3.63, 3.8) is 0 Å². The first kappa shape index (κ1) is 65.2. The predicted octanol–water partition coefficient (Wildman–Crippen LogP) is 6.16. The van der Waals surface area contributed by atoms with E-state index in [1.165, 1.54) is 16.4 Å². The quantitative estimate of drug-likeness (QED) is 0.0253. The molecule has 4 aromatic carbocycles. The van der Waals surface area contributed by atoms with Crippen molar-refractivity contribution >= 4 is 28.0 Å². The van der Waals surface area contributed by atoms with Gasteiger partial charge in [0.15, 0.2) is 0 Å². The molecule has 0 saturated carbocycles. The smallest absolute Gasteiger partial charge is 0.315 e. The van der Waals surface area contributed by atoms with Crippen molar-refractivity contribution in [3.05, 3.63) is 130 Å². The minimum absolute atomic E-state index is 0.00378. The highest BCUT2D eigenvalue weighted by molar-refractivity contribution is 7.89. The van der Waals surface area contributed by atoms with Gasteiger partial charge in [-0.1, -0.05) is 52.0 Å². The molecular weight excluding hydrogens is 1020 g/mol. The fourth-order valence-electron chi connectivity index (χ4n) is 8.20. The second-order valence-corrected chi connectivity index (χ2v) is 20.5. The summed E-state index contributed by atoms with van der Waals surface area (Å²) in [5, 5.41) is 38.4. The number of aliphatic hydroxyl groups is 2. The largest absolute Gasteiger partial charge is 0.497 e. The van der Waals surface area contributed by atoms with Crippen molar-refractivity contribution in [2.24, 2.45) is 0 Å². The van der Waals surface area contributed by atoms with E-state index < -0.39 is 69.6 Å². The Morgan fingerprint density at radius 1 is 0.571 bits per heavy atom. The van der Waals surface area contributed by atoms with Gasteiger partial charge < -0.3 is 56.5 Å². The molecule has 0 bridgehead atoms. The van der Waals surface area contributed by atoms with Crippen LogP contribution in [-0.4, -0.2) is 142 Å². The van der Waals surface area contributed by atoms with Gasteiger partial charge in [0.05, 0.1) is 44.3 Å². The third-order valence-electron chi connectivity index (χ3n) is 11.9. The maximum Gasteiger partial charge on any atom is 0.315 e.